The summed E-state index contributed by atoms with van der Waals surface area (Å²) in [6, 6.07) is 9.83. The van der Waals surface area contributed by atoms with Crippen LogP contribution in [0, 0.1) is 11.8 Å². The lowest BCUT2D eigenvalue weighted by Gasteiger charge is -2.10. The van der Waals surface area contributed by atoms with Gasteiger partial charge >= 0.3 is 6.03 Å². The van der Waals surface area contributed by atoms with Crippen molar-refractivity contribution in [2.45, 2.75) is 0 Å². The smallest absolute Gasteiger partial charge is 0.320 e. The number of amides is 2. The predicted octanol–water partition coefficient (Wildman–Crippen LogP) is 3.28. The second kappa shape index (κ2) is 8.92. The summed E-state index contributed by atoms with van der Waals surface area (Å²) < 4.78 is 21.2. The van der Waals surface area contributed by atoms with Crippen molar-refractivity contribution in [1.82, 2.24) is 5.32 Å². The van der Waals surface area contributed by atoms with E-state index in [0.717, 1.165) is 0 Å². The van der Waals surface area contributed by atoms with Gasteiger partial charge in [-0.25, -0.2) is 4.79 Å². The topological polar surface area (TPSA) is 78.1 Å². The SMILES string of the molecule is COc1ccc(Cl)cc1NC(=O)NCC#CCOc1ccc2c(c1)OCO2. The lowest BCUT2D eigenvalue weighted by molar-refractivity contribution is 0.174. The molecule has 0 aromatic heterocycles. The Balaban J connectivity index is 1.41. The molecule has 2 aromatic carbocycles. The van der Waals surface area contributed by atoms with Gasteiger partial charge in [0.2, 0.25) is 6.79 Å². The molecule has 0 atom stereocenters. The Morgan fingerprint density at radius 3 is 2.89 bits per heavy atom. The van der Waals surface area contributed by atoms with Gasteiger partial charge in [-0.3, -0.25) is 0 Å². The van der Waals surface area contributed by atoms with E-state index in [1.807, 2.05) is 0 Å². The Morgan fingerprint density at radius 1 is 1.19 bits per heavy atom. The summed E-state index contributed by atoms with van der Waals surface area (Å²) >= 11 is 5.92. The molecule has 1 aliphatic heterocycles. The van der Waals surface area contributed by atoms with Crippen molar-refractivity contribution < 1.29 is 23.7 Å². The van der Waals surface area contributed by atoms with Gasteiger partial charge in [0.05, 0.1) is 19.3 Å². The highest BCUT2D eigenvalue weighted by molar-refractivity contribution is 6.31. The van der Waals surface area contributed by atoms with Crippen LogP contribution in [0.2, 0.25) is 5.02 Å². The molecule has 2 amide bonds. The van der Waals surface area contributed by atoms with E-state index in [0.29, 0.717) is 33.7 Å². The van der Waals surface area contributed by atoms with Crippen LogP contribution in [0.1, 0.15) is 0 Å². The van der Waals surface area contributed by atoms with Gasteiger partial charge in [0.25, 0.3) is 0 Å². The zero-order valence-corrected chi connectivity index (χ0v) is 15.3. The number of fused-ring (bicyclic) bond motifs is 1. The molecule has 0 saturated carbocycles. The summed E-state index contributed by atoms with van der Waals surface area (Å²) in [5, 5.41) is 5.77. The average molecular weight is 389 g/mol. The van der Waals surface area contributed by atoms with Gasteiger partial charge in [-0.05, 0) is 30.3 Å². The Labute approximate surface area is 161 Å². The third-order valence-electron chi connectivity index (χ3n) is 3.53. The van der Waals surface area contributed by atoms with Crippen molar-refractivity contribution in [2.24, 2.45) is 0 Å². The molecule has 3 rings (SSSR count). The van der Waals surface area contributed by atoms with Gasteiger partial charge in [-0.2, -0.15) is 0 Å². The molecule has 0 unspecified atom stereocenters. The molecular weight excluding hydrogens is 372 g/mol. The normalized spacial score (nSPS) is 11.2. The first-order chi connectivity index (χ1) is 13.2. The fraction of sp³-hybridized carbons (Fsp3) is 0.211. The minimum Gasteiger partial charge on any atom is -0.495 e. The number of hydrogen-bond donors (Lipinski definition) is 2. The highest BCUT2D eigenvalue weighted by atomic mass is 35.5. The maximum absolute atomic E-state index is 11.9. The van der Waals surface area contributed by atoms with Gasteiger partial charge < -0.3 is 29.6 Å². The van der Waals surface area contributed by atoms with Crippen LogP contribution in [-0.4, -0.2) is 33.1 Å². The van der Waals surface area contributed by atoms with Gasteiger partial charge in [0, 0.05) is 11.1 Å². The van der Waals surface area contributed by atoms with E-state index in [9.17, 15) is 4.79 Å². The number of hydrogen-bond acceptors (Lipinski definition) is 5. The molecular formula is C19H17ClN2O5. The molecule has 140 valence electrons. The van der Waals surface area contributed by atoms with Crippen LogP contribution >= 0.6 is 11.6 Å². The summed E-state index contributed by atoms with van der Waals surface area (Å²) in [5.41, 5.74) is 0.474. The molecule has 0 spiro atoms. The second-order valence-electron chi connectivity index (χ2n) is 5.31. The Bertz CT molecular complexity index is 891. The number of ether oxygens (including phenoxy) is 4. The maximum Gasteiger partial charge on any atom is 0.320 e. The van der Waals surface area contributed by atoms with E-state index < -0.39 is 6.03 Å². The second-order valence-corrected chi connectivity index (χ2v) is 5.75. The first-order valence-electron chi connectivity index (χ1n) is 8.02. The molecule has 7 nitrogen and oxygen atoms in total. The Morgan fingerprint density at radius 2 is 2.04 bits per heavy atom. The van der Waals surface area contributed by atoms with Crippen molar-refractivity contribution in [3.8, 4) is 34.8 Å². The number of methoxy groups -OCH3 is 1. The van der Waals surface area contributed by atoms with Crippen molar-refractivity contribution in [2.75, 3.05) is 32.4 Å². The molecule has 0 aliphatic carbocycles. The fourth-order valence-electron chi connectivity index (χ4n) is 2.27. The zero-order valence-electron chi connectivity index (χ0n) is 14.5. The predicted molar refractivity (Wildman–Crippen MR) is 101 cm³/mol. The van der Waals surface area contributed by atoms with E-state index in [-0.39, 0.29) is 19.9 Å². The standard InChI is InChI=1S/C19H17ClN2O5/c1-24-16-6-4-13(20)10-15(16)22-19(23)21-8-2-3-9-25-14-5-7-17-18(11-14)27-12-26-17/h4-7,10-11H,8-9,12H2,1H3,(H2,21,22,23). The molecule has 27 heavy (non-hydrogen) atoms. The fourth-order valence-corrected chi connectivity index (χ4v) is 2.44. The molecule has 0 saturated heterocycles. The first kappa shape index (κ1) is 18.5. The number of urea groups is 1. The van der Waals surface area contributed by atoms with Crippen molar-refractivity contribution in [3.05, 3.63) is 41.4 Å². The van der Waals surface area contributed by atoms with Crippen LogP contribution in [0.5, 0.6) is 23.0 Å². The van der Waals surface area contributed by atoms with E-state index in [2.05, 4.69) is 22.5 Å². The van der Waals surface area contributed by atoms with E-state index >= 15 is 0 Å². The van der Waals surface area contributed by atoms with Crippen molar-refractivity contribution in [1.29, 1.82) is 0 Å². The molecule has 1 heterocycles. The monoisotopic (exact) mass is 388 g/mol. The number of carbonyl (C=O) groups excluding carboxylic acids is 1. The van der Waals surface area contributed by atoms with E-state index in [1.165, 1.54) is 7.11 Å². The summed E-state index contributed by atoms with van der Waals surface area (Å²) in [6.45, 7) is 0.567. The number of halogens is 1. The summed E-state index contributed by atoms with van der Waals surface area (Å²) in [4.78, 5) is 11.9. The maximum atomic E-state index is 11.9. The summed E-state index contributed by atoms with van der Waals surface area (Å²) in [7, 11) is 1.51. The number of anilines is 1. The lowest BCUT2D eigenvalue weighted by Crippen LogP contribution is -2.29. The minimum absolute atomic E-state index is 0.166. The lowest BCUT2D eigenvalue weighted by atomic mass is 10.3. The number of rotatable bonds is 5. The zero-order chi connectivity index (χ0) is 19.1. The van der Waals surface area contributed by atoms with Gasteiger partial charge in [0.15, 0.2) is 11.5 Å². The highest BCUT2D eigenvalue weighted by Gasteiger charge is 2.13. The number of nitrogens with one attached hydrogen (secondary N) is 2. The molecule has 0 fully saturated rings. The third-order valence-corrected chi connectivity index (χ3v) is 3.76. The first-order valence-corrected chi connectivity index (χ1v) is 8.40. The van der Waals surface area contributed by atoms with E-state index in [4.69, 9.17) is 30.5 Å². The van der Waals surface area contributed by atoms with Crippen LogP contribution in [0.3, 0.4) is 0 Å². The summed E-state index contributed by atoms with van der Waals surface area (Å²) in [5.74, 6) is 8.11. The molecule has 0 bridgehead atoms. The van der Waals surface area contributed by atoms with Crippen LogP contribution in [0.25, 0.3) is 0 Å². The molecule has 1 aliphatic rings. The largest absolute Gasteiger partial charge is 0.495 e. The van der Waals surface area contributed by atoms with Crippen molar-refractivity contribution >= 4 is 23.3 Å². The quantitative estimate of drug-likeness (QED) is 0.768. The minimum atomic E-state index is -0.415. The molecule has 8 heteroatoms. The van der Waals surface area contributed by atoms with Crippen LogP contribution in [0.4, 0.5) is 10.5 Å². The van der Waals surface area contributed by atoms with Gasteiger partial charge in [-0.1, -0.05) is 23.4 Å². The Kier molecular flexibility index (Phi) is 6.13. The molecule has 2 aromatic rings. The van der Waals surface area contributed by atoms with E-state index in [1.54, 1.807) is 36.4 Å². The third kappa shape index (κ3) is 5.12. The molecule has 2 N–H and O–H groups in total. The average Bonchev–Trinajstić information content (AvgIpc) is 3.12. The highest BCUT2D eigenvalue weighted by Crippen LogP contribution is 2.35. The number of benzene rings is 2. The van der Waals surface area contributed by atoms with Crippen LogP contribution < -0.4 is 29.6 Å². The van der Waals surface area contributed by atoms with Crippen LogP contribution in [-0.2, 0) is 0 Å². The van der Waals surface area contributed by atoms with Gasteiger partial charge in [0.1, 0.15) is 18.1 Å². The van der Waals surface area contributed by atoms with Gasteiger partial charge in [-0.15, -0.1) is 0 Å². The number of carbonyl (C=O) groups is 1. The summed E-state index contributed by atoms with van der Waals surface area (Å²) in [6.07, 6.45) is 0. The van der Waals surface area contributed by atoms with Crippen molar-refractivity contribution in [3.63, 3.8) is 0 Å². The molecule has 0 radical (unpaired) electrons. The van der Waals surface area contributed by atoms with Crippen LogP contribution in [0.15, 0.2) is 36.4 Å². The Hall–Kier alpha value is -3.24.